The van der Waals surface area contributed by atoms with Crippen LogP contribution < -0.4 is 10.2 Å². The Bertz CT molecular complexity index is 1280. The van der Waals surface area contributed by atoms with Crippen molar-refractivity contribution < 1.29 is 4.79 Å². The van der Waals surface area contributed by atoms with Crippen LogP contribution in [-0.4, -0.2) is 21.7 Å². The van der Waals surface area contributed by atoms with Gasteiger partial charge in [-0.3, -0.25) is 4.79 Å². The standard InChI is InChI=1S/C28H28N4O/c1-19-8-11-24(12-9-19)30-27-16-20(2)32(21(3)33)28-13-10-23(18-26(27)28)22-6-4-7-25(17-22)31-15-5-14-29-31/h4-15,17-18,20,27,30H,16H2,1-3H3/t20-,27+/m0/s1. The maximum Gasteiger partial charge on any atom is 0.224 e. The Labute approximate surface area is 194 Å². The van der Waals surface area contributed by atoms with Crippen LogP contribution in [0.5, 0.6) is 0 Å². The molecule has 5 heteroatoms. The number of aromatic nitrogens is 2. The van der Waals surface area contributed by atoms with Crippen molar-refractivity contribution in [1.82, 2.24) is 9.78 Å². The average molecular weight is 437 g/mol. The van der Waals surface area contributed by atoms with E-state index < -0.39 is 0 Å². The van der Waals surface area contributed by atoms with Gasteiger partial charge in [-0.1, -0.05) is 35.9 Å². The van der Waals surface area contributed by atoms with E-state index in [1.54, 1.807) is 13.1 Å². The summed E-state index contributed by atoms with van der Waals surface area (Å²) in [5.41, 5.74) is 7.71. The first-order valence-corrected chi connectivity index (χ1v) is 11.4. The van der Waals surface area contributed by atoms with Crippen LogP contribution in [0.3, 0.4) is 0 Å². The molecular weight excluding hydrogens is 408 g/mol. The molecule has 2 heterocycles. The molecule has 5 nitrogen and oxygen atoms in total. The molecule has 1 N–H and O–H groups in total. The van der Waals surface area contributed by atoms with Gasteiger partial charge in [0.2, 0.25) is 5.91 Å². The van der Waals surface area contributed by atoms with Crippen molar-refractivity contribution in [2.75, 3.05) is 10.2 Å². The summed E-state index contributed by atoms with van der Waals surface area (Å²) in [6.07, 6.45) is 4.57. The summed E-state index contributed by atoms with van der Waals surface area (Å²) in [4.78, 5) is 14.4. The van der Waals surface area contributed by atoms with Crippen LogP contribution in [0.4, 0.5) is 11.4 Å². The third kappa shape index (κ3) is 4.14. The highest BCUT2D eigenvalue weighted by molar-refractivity contribution is 5.94. The molecule has 166 valence electrons. The minimum atomic E-state index is 0.0750. The quantitative estimate of drug-likeness (QED) is 0.418. The molecule has 0 radical (unpaired) electrons. The number of nitrogens with zero attached hydrogens (tertiary/aromatic N) is 3. The van der Waals surface area contributed by atoms with Crippen LogP contribution in [0.2, 0.25) is 0 Å². The van der Waals surface area contributed by atoms with Gasteiger partial charge in [0.1, 0.15) is 0 Å². The number of benzene rings is 3. The number of carbonyl (C=O) groups is 1. The third-order valence-electron chi connectivity index (χ3n) is 6.36. The van der Waals surface area contributed by atoms with Crippen LogP contribution in [-0.2, 0) is 4.79 Å². The van der Waals surface area contributed by atoms with E-state index in [-0.39, 0.29) is 18.0 Å². The summed E-state index contributed by atoms with van der Waals surface area (Å²) in [5.74, 6) is 0.0750. The fourth-order valence-electron chi connectivity index (χ4n) is 4.76. The highest BCUT2D eigenvalue weighted by atomic mass is 16.2. The summed E-state index contributed by atoms with van der Waals surface area (Å²) < 4.78 is 1.86. The lowest BCUT2D eigenvalue weighted by molar-refractivity contribution is -0.117. The minimum Gasteiger partial charge on any atom is -0.378 e. The zero-order valence-electron chi connectivity index (χ0n) is 19.2. The Morgan fingerprint density at radius 1 is 1.00 bits per heavy atom. The molecule has 2 atom stereocenters. The van der Waals surface area contributed by atoms with Crippen molar-refractivity contribution in [3.05, 3.63) is 96.3 Å². The fourth-order valence-corrected chi connectivity index (χ4v) is 4.76. The second-order valence-electron chi connectivity index (χ2n) is 8.81. The maximum atomic E-state index is 12.5. The molecule has 5 rings (SSSR count). The van der Waals surface area contributed by atoms with E-state index in [2.05, 4.69) is 91.0 Å². The van der Waals surface area contributed by atoms with Crippen LogP contribution in [0.25, 0.3) is 16.8 Å². The molecule has 0 fully saturated rings. The van der Waals surface area contributed by atoms with Crippen molar-refractivity contribution in [3.63, 3.8) is 0 Å². The lowest BCUT2D eigenvalue weighted by atomic mass is 9.88. The molecule has 0 saturated carbocycles. The SMILES string of the molecule is CC(=O)N1c2ccc(-c3cccc(-n4cccn4)c3)cc2[C@H](Nc2ccc(C)cc2)C[C@@H]1C. The lowest BCUT2D eigenvalue weighted by Gasteiger charge is -2.39. The van der Waals surface area contributed by atoms with Gasteiger partial charge in [0.15, 0.2) is 0 Å². The van der Waals surface area contributed by atoms with Gasteiger partial charge in [-0.05, 0) is 79.4 Å². The minimum absolute atomic E-state index is 0.0750. The zero-order chi connectivity index (χ0) is 22.9. The van der Waals surface area contributed by atoms with Gasteiger partial charge in [0, 0.05) is 36.7 Å². The van der Waals surface area contributed by atoms with Gasteiger partial charge in [-0.2, -0.15) is 5.10 Å². The summed E-state index contributed by atoms with van der Waals surface area (Å²) in [7, 11) is 0. The molecule has 1 aromatic heterocycles. The molecule has 0 unspecified atom stereocenters. The summed E-state index contributed by atoms with van der Waals surface area (Å²) >= 11 is 0. The van der Waals surface area contributed by atoms with Gasteiger partial charge in [-0.25, -0.2) is 4.68 Å². The van der Waals surface area contributed by atoms with E-state index in [0.29, 0.717) is 0 Å². The Kier molecular flexibility index (Phi) is 5.47. The number of fused-ring (bicyclic) bond motifs is 1. The Morgan fingerprint density at radius 2 is 1.79 bits per heavy atom. The second-order valence-corrected chi connectivity index (χ2v) is 8.81. The van der Waals surface area contributed by atoms with Gasteiger partial charge < -0.3 is 10.2 Å². The first-order valence-electron chi connectivity index (χ1n) is 11.4. The van der Waals surface area contributed by atoms with Crippen LogP contribution in [0.15, 0.2) is 85.2 Å². The number of hydrogen-bond acceptors (Lipinski definition) is 3. The smallest absolute Gasteiger partial charge is 0.224 e. The van der Waals surface area contributed by atoms with Crippen molar-refractivity contribution in [2.24, 2.45) is 0 Å². The number of carbonyl (C=O) groups excluding carboxylic acids is 1. The number of hydrogen-bond donors (Lipinski definition) is 1. The lowest BCUT2D eigenvalue weighted by Crippen LogP contribution is -2.43. The van der Waals surface area contributed by atoms with E-state index in [1.807, 2.05) is 21.8 Å². The molecule has 33 heavy (non-hydrogen) atoms. The van der Waals surface area contributed by atoms with E-state index in [9.17, 15) is 4.79 Å². The van der Waals surface area contributed by atoms with Crippen molar-refractivity contribution in [1.29, 1.82) is 0 Å². The van der Waals surface area contributed by atoms with E-state index in [4.69, 9.17) is 0 Å². The van der Waals surface area contributed by atoms with Crippen molar-refractivity contribution >= 4 is 17.3 Å². The predicted octanol–water partition coefficient (Wildman–Crippen LogP) is 6.15. The van der Waals surface area contributed by atoms with Crippen molar-refractivity contribution in [3.8, 4) is 16.8 Å². The number of nitrogens with one attached hydrogen (secondary N) is 1. The fraction of sp³-hybridized carbons (Fsp3) is 0.214. The Hall–Kier alpha value is -3.86. The molecule has 0 bridgehead atoms. The molecule has 1 amide bonds. The molecule has 3 aromatic carbocycles. The molecule has 4 aromatic rings. The van der Waals surface area contributed by atoms with Crippen LogP contribution in [0.1, 0.15) is 37.4 Å². The summed E-state index contributed by atoms with van der Waals surface area (Å²) in [5, 5.41) is 8.07. The molecule has 1 aliphatic rings. The summed E-state index contributed by atoms with van der Waals surface area (Å²) in [6.45, 7) is 5.86. The predicted molar refractivity (Wildman–Crippen MR) is 134 cm³/mol. The van der Waals surface area contributed by atoms with Gasteiger partial charge in [0.25, 0.3) is 0 Å². The Morgan fingerprint density at radius 3 is 2.52 bits per heavy atom. The molecule has 0 aliphatic carbocycles. The maximum absolute atomic E-state index is 12.5. The normalized spacial score (nSPS) is 17.5. The topological polar surface area (TPSA) is 50.2 Å². The van der Waals surface area contributed by atoms with Gasteiger partial charge >= 0.3 is 0 Å². The number of rotatable bonds is 4. The highest BCUT2D eigenvalue weighted by Crippen LogP contribution is 2.41. The monoisotopic (exact) mass is 436 g/mol. The van der Waals surface area contributed by atoms with E-state index in [1.165, 1.54) is 5.56 Å². The van der Waals surface area contributed by atoms with Gasteiger partial charge in [0.05, 0.1) is 11.7 Å². The first-order chi connectivity index (χ1) is 16.0. The number of anilines is 2. The van der Waals surface area contributed by atoms with Crippen LogP contribution in [0, 0.1) is 6.92 Å². The van der Waals surface area contributed by atoms with Crippen molar-refractivity contribution in [2.45, 2.75) is 39.3 Å². The molecular formula is C28H28N4O. The average Bonchev–Trinajstić information content (AvgIpc) is 3.35. The first kappa shape index (κ1) is 21.0. The van der Waals surface area contributed by atoms with E-state index in [0.717, 1.165) is 40.2 Å². The molecule has 0 saturated heterocycles. The van der Waals surface area contributed by atoms with E-state index >= 15 is 0 Å². The third-order valence-corrected chi connectivity index (χ3v) is 6.36. The second kappa shape index (κ2) is 8.58. The molecule has 1 aliphatic heterocycles. The summed E-state index contributed by atoms with van der Waals surface area (Å²) in [6, 6.07) is 25.4. The zero-order valence-corrected chi connectivity index (χ0v) is 19.2. The Balaban J connectivity index is 1.56. The van der Waals surface area contributed by atoms with Gasteiger partial charge in [-0.15, -0.1) is 0 Å². The largest absolute Gasteiger partial charge is 0.378 e. The number of amides is 1. The van der Waals surface area contributed by atoms with Crippen LogP contribution >= 0.6 is 0 Å². The highest BCUT2D eigenvalue weighted by Gasteiger charge is 2.32. The molecule has 0 spiro atoms. The number of aryl methyl sites for hydroxylation is 1.